The minimum atomic E-state index is 0.352. The fourth-order valence-corrected chi connectivity index (χ4v) is 2.05. The quantitative estimate of drug-likeness (QED) is 0.500. The highest BCUT2D eigenvalue weighted by atomic mass is 16.2. The first-order chi connectivity index (χ1) is 5.27. The van der Waals surface area contributed by atoms with Crippen LogP contribution < -0.4 is 0 Å². The van der Waals surface area contributed by atoms with Crippen LogP contribution in [0.4, 0.5) is 0 Å². The Labute approximate surface area is 67.0 Å². The molecule has 1 unspecified atom stereocenters. The number of piperidine rings is 1. The van der Waals surface area contributed by atoms with Crippen LogP contribution in [0.1, 0.15) is 19.3 Å². The average molecular weight is 154 g/mol. The molecule has 2 aliphatic heterocycles. The fraction of sp³-hybridized carbons (Fsp3) is 0.875. The lowest BCUT2D eigenvalue weighted by Gasteiger charge is -2.27. The van der Waals surface area contributed by atoms with Crippen molar-refractivity contribution >= 4 is 5.91 Å². The van der Waals surface area contributed by atoms with Gasteiger partial charge in [0.2, 0.25) is 5.91 Å². The third kappa shape index (κ3) is 1.13. The summed E-state index contributed by atoms with van der Waals surface area (Å²) in [5, 5.41) is 0. The van der Waals surface area contributed by atoms with Gasteiger partial charge in [0, 0.05) is 19.0 Å². The summed E-state index contributed by atoms with van der Waals surface area (Å²) >= 11 is 0. The molecule has 0 radical (unpaired) electrons. The van der Waals surface area contributed by atoms with E-state index in [2.05, 4.69) is 11.9 Å². The van der Waals surface area contributed by atoms with E-state index in [0.717, 1.165) is 26.1 Å². The predicted molar refractivity (Wildman–Crippen MR) is 42.0 cm³/mol. The molecule has 3 nitrogen and oxygen atoms in total. The maximum atomic E-state index is 11.3. The molecule has 0 aliphatic carbocycles. The van der Waals surface area contributed by atoms with E-state index in [9.17, 15) is 4.79 Å². The van der Waals surface area contributed by atoms with Crippen LogP contribution >= 0.6 is 0 Å². The topological polar surface area (TPSA) is 23.6 Å². The summed E-state index contributed by atoms with van der Waals surface area (Å²) in [4.78, 5) is 15.6. The largest absolute Gasteiger partial charge is 0.325 e. The number of fused-ring (bicyclic) bond motifs is 1. The number of nitrogens with zero attached hydrogens (tertiary/aromatic N) is 2. The highest BCUT2D eigenvalue weighted by Crippen LogP contribution is 2.23. The second-order valence-electron chi connectivity index (χ2n) is 3.59. The molecule has 2 fully saturated rings. The van der Waals surface area contributed by atoms with E-state index in [0.29, 0.717) is 11.9 Å². The zero-order valence-corrected chi connectivity index (χ0v) is 6.92. The molecule has 3 heteroatoms. The monoisotopic (exact) mass is 154 g/mol. The Kier molecular flexibility index (Phi) is 1.60. The van der Waals surface area contributed by atoms with Gasteiger partial charge in [0.05, 0.1) is 6.67 Å². The Bertz CT molecular complexity index is 181. The van der Waals surface area contributed by atoms with Crippen molar-refractivity contribution < 1.29 is 4.79 Å². The summed E-state index contributed by atoms with van der Waals surface area (Å²) in [7, 11) is 2.08. The average Bonchev–Trinajstić information content (AvgIpc) is 2.31. The van der Waals surface area contributed by atoms with Crippen molar-refractivity contribution in [2.24, 2.45) is 0 Å². The van der Waals surface area contributed by atoms with Crippen molar-refractivity contribution in [3.63, 3.8) is 0 Å². The molecule has 2 saturated heterocycles. The number of amides is 1. The van der Waals surface area contributed by atoms with Crippen LogP contribution in [-0.4, -0.2) is 42.0 Å². The van der Waals surface area contributed by atoms with Crippen LogP contribution in [-0.2, 0) is 4.79 Å². The van der Waals surface area contributed by atoms with E-state index < -0.39 is 0 Å². The molecular formula is C8H14N2O. The van der Waals surface area contributed by atoms with Crippen LogP contribution in [0.15, 0.2) is 0 Å². The minimum absolute atomic E-state index is 0.352. The van der Waals surface area contributed by atoms with Gasteiger partial charge in [-0.05, 0) is 19.9 Å². The SMILES string of the molecule is CN1CC2CCCC(=O)N2C1. The van der Waals surface area contributed by atoms with E-state index in [1.165, 1.54) is 6.42 Å². The van der Waals surface area contributed by atoms with Gasteiger partial charge in [0.1, 0.15) is 0 Å². The van der Waals surface area contributed by atoms with Crippen LogP contribution in [0.5, 0.6) is 0 Å². The van der Waals surface area contributed by atoms with Gasteiger partial charge in [-0.2, -0.15) is 0 Å². The molecule has 62 valence electrons. The van der Waals surface area contributed by atoms with Gasteiger partial charge in [-0.1, -0.05) is 0 Å². The summed E-state index contributed by atoms with van der Waals surface area (Å²) in [5.74, 6) is 0.352. The van der Waals surface area contributed by atoms with Crippen LogP contribution in [0.2, 0.25) is 0 Å². The summed E-state index contributed by atoms with van der Waals surface area (Å²) in [6, 6.07) is 0.529. The molecule has 0 N–H and O–H groups in total. The molecule has 0 bridgehead atoms. The first kappa shape index (κ1) is 7.10. The first-order valence-corrected chi connectivity index (χ1v) is 4.25. The van der Waals surface area contributed by atoms with Crippen molar-refractivity contribution in [2.45, 2.75) is 25.3 Å². The second kappa shape index (κ2) is 2.48. The van der Waals surface area contributed by atoms with E-state index in [4.69, 9.17) is 0 Å². The van der Waals surface area contributed by atoms with Gasteiger partial charge in [-0.3, -0.25) is 9.69 Å². The Morgan fingerprint density at radius 2 is 2.36 bits per heavy atom. The summed E-state index contributed by atoms with van der Waals surface area (Å²) in [6.07, 6.45) is 3.06. The Morgan fingerprint density at radius 1 is 1.55 bits per heavy atom. The number of hydrogen-bond donors (Lipinski definition) is 0. The minimum Gasteiger partial charge on any atom is -0.325 e. The van der Waals surface area contributed by atoms with E-state index in [1.54, 1.807) is 0 Å². The van der Waals surface area contributed by atoms with Crippen molar-refractivity contribution in [2.75, 3.05) is 20.3 Å². The van der Waals surface area contributed by atoms with Gasteiger partial charge < -0.3 is 4.90 Å². The zero-order chi connectivity index (χ0) is 7.84. The number of hydrogen-bond acceptors (Lipinski definition) is 2. The fourth-order valence-electron chi connectivity index (χ4n) is 2.05. The molecule has 11 heavy (non-hydrogen) atoms. The number of rotatable bonds is 0. The molecule has 0 aromatic rings. The number of likely N-dealkylation sites (N-methyl/N-ethyl adjacent to an activating group) is 1. The third-order valence-electron chi connectivity index (χ3n) is 2.61. The number of carbonyl (C=O) groups is 1. The van der Waals surface area contributed by atoms with E-state index >= 15 is 0 Å². The van der Waals surface area contributed by atoms with E-state index in [-0.39, 0.29) is 0 Å². The summed E-state index contributed by atoms with van der Waals surface area (Å²) < 4.78 is 0. The lowest BCUT2D eigenvalue weighted by atomic mass is 10.0. The zero-order valence-electron chi connectivity index (χ0n) is 6.92. The molecule has 2 rings (SSSR count). The normalized spacial score (nSPS) is 32.6. The van der Waals surface area contributed by atoms with Crippen molar-refractivity contribution in [3.05, 3.63) is 0 Å². The molecule has 2 heterocycles. The van der Waals surface area contributed by atoms with Crippen molar-refractivity contribution in [1.29, 1.82) is 0 Å². The third-order valence-corrected chi connectivity index (χ3v) is 2.61. The van der Waals surface area contributed by atoms with Gasteiger partial charge >= 0.3 is 0 Å². The number of carbonyl (C=O) groups excluding carboxylic acids is 1. The highest BCUT2D eigenvalue weighted by Gasteiger charge is 2.34. The molecule has 0 spiro atoms. The van der Waals surface area contributed by atoms with Crippen LogP contribution in [0, 0.1) is 0 Å². The molecule has 0 saturated carbocycles. The Hall–Kier alpha value is -0.570. The molecule has 1 amide bonds. The maximum Gasteiger partial charge on any atom is 0.223 e. The van der Waals surface area contributed by atoms with Crippen molar-refractivity contribution in [1.82, 2.24) is 9.80 Å². The summed E-state index contributed by atoms with van der Waals surface area (Å²) in [6.45, 7) is 1.93. The smallest absolute Gasteiger partial charge is 0.223 e. The van der Waals surface area contributed by atoms with Crippen molar-refractivity contribution in [3.8, 4) is 0 Å². The maximum absolute atomic E-state index is 11.3. The Morgan fingerprint density at radius 3 is 3.09 bits per heavy atom. The van der Waals surface area contributed by atoms with Gasteiger partial charge in [0.15, 0.2) is 0 Å². The highest BCUT2D eigenvalue weighted by molar-refractivity contribution is 5.77. The predicted octanol–water partition coefficient (Wildman–Crippen LogP) is 0.270. The molecule has 1 atom stereocenters. The van der Waals surface area contributed by atoms with Gasteiger partial charge in [-0.25, -0.2) is 0 Å². The van der Waals surface area contributed by atoms with E-state index in [1.807, 2.05) is 4.90 Å². The van der Waals surface area contributed by atoms with Crippen LogP contribution in [0.3, 0.4) is 0 Å². The molecule has 0 aromatic heterocycles. The first-order valence-electron chi connectivity index (χ1n) is 4.25. The summed E-state index contributed by atoms with van der Waals surface area (Å²) in [5.41, 5.74) is 0. The van der Waals surface area contributed by atoms with Crippen LogP contribution in [0.25, 0.3) is 0 Å². The molecule has 2 aliphatic rings. The Balaban J connectivity index is 2.09. The second-order valence-corrected chi connectivity index (χ2v) is 3.59. The standard InChI is InChI=1S/C8H14N2O/c1-9-5-7-3-2-4-8(11)10(7)6-9/h7H,2-6H2,1H3. The molecule has 0 aromatic carbocycles. The molecular weight excluding hydrogens is 140 g/mol. The van der Waals surface area contributed by atoms with Gasteiger partial charge in [-0.15, -0.1) is 0 Å². The lowest BCUT2D eigenvalue weighted by Crippen LogP contribution is -2.39. The van der Waals surface area contributed by atoms with Gasteiger partial charge in [0.25, 0.3) is 0 Å². The lowest BCUT2D eigenvalue weighted by molar-refractivity contribution is -0.134.